The summed E-state index contributed by atoms with van der Waals surface area (Å²) in [5, 5.41) is 33.7. The summed E-state index contributed by atoms with van der Waals surface area (Å²) in [6, 6.07) is 17.9. The quantitative estimate of drug-likeness (QED) is 0.259. The Balaban J connectivity index is 1.78. The summed E-state index contributed by atoms with van der Waals surface area (Å²) in [4.78, 5) is 0. The molecule has 0 radical (unpaired) electrons. The Morgan fingerprint density at radius 2 is 0.806 bits per heavy atom. The summed E-state index contributed by atoms with van der Waals surface area (Å²) in [6.45, 7) is 6.11. The van der Waals surface area contributed by atoms with Gasteiger partial charge in [0.1, 0.15) is 23.0 Å². The Morgan fingerprint density at radius 3 is 1.17 bits per heavy atom. The van der Waals surface area contributed by atoms with Gasteiger partial charge in [0, 0.05) is 25.7 Å². The fourth-order valence-electron chi connectivity index (χ4n) is 5.61. The van der Waals surface area contributed by atoms with Gasteiger partial charge in [-0.2, -0.15) is 0 Å². The molecule has 8 bridgehead atoms. The fourth-order valence-corrected chi connectivity index (χ4v) is 5.61. The maximum Gasteiger partial charge on any atom is 0.125 e. The second kappa shape index (κ2) is 9.27. The Kier molecular flexibility index (Phi) is 6.13. The first-order chi connectivity index (χ1) is 17.2. The number of fused-ring (bicyclic) bond motifs is 8. The summed E-state index contributed by atoms with van der Waals surface area (Å²) in [6.07, 6.45) is 1.83. The lowest BCUT2D eigenvalue weighted by atomic mass is 9.89. The lowest BCUT2D eigenvalue weighted by molar-refractivity contribution is 0.405. The van der Waals surface area contributed by atoms with E-state index < -0.39 is 0 Å². The minimum absolute atomic E-state index is 0.206. The summed E-state index contributed by atoms with van der Waals surface area (Å²) in [5.74, 6) is 1.49. The highest BCUT2D eigenvalue weighted by Gasteiger charge is 2.20. The van der Waals surface area contributed by atoms with Crippen LogP contribution in [0.4, 0.5) is 0 Å². The van der Waals surface area contributed by atoms with Crippen molar-refractivity contribution in [2.45, 2.75) is 46.5 Å². The molecule has 0 amide bonds. The lowest BCUT2D eigenvalue weighted by Gasteiger charge is -2.20. The highest BCUT2D eigenvalue weighted by Crippen LogP contribution is 2.38. The van der Waals surface area contributed by atoms with Gasteiger partial charge in [-0.05, 0) is 65.3 Å². The number of benzene rings is 4. The van der Waals surface area contributed by atoms with Crippen LogP contribution in [0, 0.1) is 20.8 Å². The summed E-state index contributed by atoms with van der Waals surface area (Å²) < 4.78 is 5.91. The molecule has 1 aliphatic rings. The summed E-state index contributed by atoms with van der Waals surface area (Å²) in [7, 11) is 1.67. The van der Waals surface area contributed by atoms with Gasteiger partial charge in [0.15, 0.2) is 0 Å². The Hall–Kier alpha value is -3.92. The zero-order valence-corrected chi connectivity index (χ0v) is 21.3. The van der Waals surface area contributed by atoms with E-state index in [2.05, 4.69) is 19.1 Å². The zero-order chi connectivity index (χ0) is 25.6. The second-order valence-corrected chi connectivity index (χ2v) is 10.1. The third-order valence-corrected chi connectivity index (χ3v) is 7.14. The molecule has 4 aromatic rings. The van der Waals surface area contributed by atoms with Crippen molar-refractivity contribution >= 4 is 0 Å². The predicted octanol–water partition coefficient (Wildman–Crippen LogP) is 6.41. The van der Waals surface area contributed by atoms with Crippen molar-refractivity contribution in [1.82, 2.24) is 0 Å². The van der Waals surface area contributed by atoms with Crippen LogP contribution in [0.2, 0.25) is 0 Å². The van der Waals surface area contributed by atoms with Crippen molar-refractivity contribution < 1.29 is 20.1 Å². The average molecular weight is 481 g/mol. The van der Waals surface area contributed by atoms with E-state index in [-0.39, 0.29) is 17.2 Å². The van der Waals surface area contributed by atoms with Crippen molar-refractivity contribution in [2.24, 2.45) is 0 Å². The number of phenols is 3. The third-order valence-electron chi connectivity index (χ3n) is 7.14. The SMILES string of the molecule is COc1c2cc(C)cc1Cc1cc(C)cc(c1O)Cc1cccc(c1O)Cc1cc(C)cc(c1O)C2. The van der Waals surface area contributed by atoms with Crippen molar-refractivity contribution in [3.05, 3.63) is 116 Å². The summed E-state index contributed by atoms with van der Waals surface area (Å²) in [5.41, 5.74) is 9.87. The largest absolute Gasteiger partial charge is 0.507 e. The first-order valence-corrected chi connectivity index (χ1v) is 12.3. The summed E-state index contributed by atoms with van der Waals surface area (Å²) >= 11 is 0. The number of hydrogen-bond donors (Lipinski definition) is 3. The molecule has 0 unspecified atom stereocenters. The molecule has 3 N–H and O–H groups in total. The first-order valence-electron chi connectivity index (χ1n) is 12.3. The van der Waals surface area contributed by atoms with Gasteiger partial charge in [-0.1, -0.05) is 71.3 Å². The Labute approximate surface area is 212 Å². The van der Waals surface area contributed by atoms with Crippen LogP contribution in [-0.4, -0.2) is 22.4 Å². The highest BCUT2D eigenvalue weighted by molar-refractivity contribution is 5.56. The number of rotatable bonds is 1. The van der Waals surface area contributed by atoms with E-state index >= 15 is 0 Å². The van der Waals surface area contributed by atoms with Gasteiger partial charge in [-0.25, -0.2) is 0 Å². The maximum absolute atomic E-state index is 11.3. The van der Waals surface area contributed by atoms with Crippen LogP contribution in [0.3, 0.4) is 0 Å². The molecule has 0 saturated heterocycles. The van der Waals surface area contributed by atoms with Crippen LogP contribution in [0.15, 0.2) is 54.6 Å². The van der Waals surface area contributed by atoms with E-state index in [1.165, 1.54) is 0 Å². The smallest absolute Gasteiger partial charge is 0.125 e. The van der Waals surface area contributed by atoms with E-state index in [4.69, 9.17) is 4.74 Å². The zero-order valence-electron chi connectivity index (χ0n) is 21.3. The van der Waals surface area contributed by atoms with Crippen LogP contribution in [-0.2, 0) is 25.7 Å². The van der Waals surface area contributed by atoms with Crippen LogP contribution >= 0.6 is 0 Å². The topological polar surface area (TPSA) is 69.9 Å². The predicted molar refractivity (Wildman–Crippen MR) is 143 cm³/mol. The molecule has 0 atom stereocenters. The van der Waals surface area contributed by atoms with Crippen molar-refractivity contribution in [3.63, 3.8) is 0 Å². The minimum atomic E-state index is 0.206. The van der Waals surface area contributed by atoms with Gasteiger partial charge in [0.05, 0.1) is 7.11 Å². The third kappa shape index (κ3) is 4.39. The van der Waals surface area contributed by atoms with Crippen LogP contribution in [0.5, 0.6) is 23.0 Å². The van der Waals surface area contributed by atoms with E-state index in [1.54, 1.807) is 7.11 Å². The van der Waals surface area contributed by atoms with E-state index in [0.717, 1.165) is 66.9 Å². The van der Waals surface area contributed by atoms with Gasteiger partial charge < -0.3 is 20.1 Å². The van der Waals surface area contributed by atoms with Crippen LogP contribution < -0.4 is 4.74 Å². The number of hydrogen-bond acceptors (Lipinski definition) is 4. The number of phenolic OH excluding ortho intramolecular Hbond substituents is 3. The van der Waals surface area contributed by atoms with Gasteiger partial charge in [0.25, 0.3) is 0 Å². The van der Waals surface area contributed by atoms with Gasteiger partial charge in [-0.15, -0.1) is 0 Å². The molecule has 0 aliphatic heterocycles. The van der Waals surface area contributed by atoms with Crippen LogP contribution in [0.25, 0.3) is 0 Å². The van der Waals surface area contributed by atoms with Crippen molar-refractivity contribution in [2.75, 3.05) is 7.11 Å². The molecule has 1 aliphatic carbocycles. The minimum Gasteiger partial charge on any atom is -0.507 e. The number of methoxy groups -OCH3 is 1. The Bertz CT molecular complexity index is 1380. The molecule has 184 valence electrons. The second-order valence-electron chi connectivity index (χ2n) is 10.1. The van der Waals surface area contributed by atoms with Gasteiger partial charge >= 0.3 is 0 Å². The first kappa shape index (κ1) is 23.8. The molecule has 36 heavy (non-hydrogen) atoms. The number of aryl methyl sites for hydroxylation is 3. The molecule has 4 heteroatoms. The molecular weight excluding hydrogens is 448 g/mol. The number of ether oxygens (including phenoxy) is 1. The lowest BCUT2D eigenvalue weighted by Crippen LogP contribution is -2.04. The normalized spacial score (nSPS) is 12.9. The van der Waals surface area contributed by atoms with E-state index in [0.29, 0.717) is 25.7 Å². The molecule has 4 aromatic carbocycles. The average Bonchev–Trinajstić information content (AvgIpc) is 2.81. The number of aromatic hydroxyl groups is 3. The van der Waals surface area contributed by atoms with Gasteiger partial charge in [0.2, 0.25) is 0 Å². The van der Waals surface area contributed by atoms with E-state index in [1.807, 2.05) is 56.3 Å². The molecule has 0 aromatic heterocycles. The molecule has 5 rings (SSSR count). The number of para-hydroxylation sites is 1. The molecule has 0 heterocycles. The Morgan fingerprint density at radius 1 is 0.500 bits per heavy atom. The van der Waals surface area contributed by atoms with Crippen molar-refractivity contribution in [3.8, 4) is 23.0 Å². The molecule has 0 spiro atoms. The molecule has 4 nitrogen and oxygen atoms in total. The standard InChI is InChI=1S/C32H32O4/c1-18-8-23-14-21-6-5-7-22(29(21)33)15-24-9-19(2)11-26(31(24)35)17-28-13-20(3)12-27(32(28)36-4)16-25(10-18)30(23)34/h5-13,33-35H,14-17H2,1-4H3. The van der Waals surface area contributed by atoms with Crippen LogP contribution in [0.1, 0.15) is 61.2 Å². The van der Waals surface area contributed by atoms with Gasteiger partial charge in [-0.3, -0.25) is 0 Å². The van der Waals surface area contributed by atoms with Crippen molar-refractivity contribution in [1.29, 1.82) is 0 Å². The molecule has 0 saturated carbocycles. The maximum atomic E-state index is 11.3. The molecule has 0 fully saturated rings. The fraction of sp³-hybridized carbons (Fsp3) is 0.250. The van der Waals surface area contributed by atoms with E-state index in [9.17, 15) is 15.3 Å². The highest BCUT2D eigenvalue weighted by atomic mass is 16.5. The monoisotopic (exact) mass is 480 g/mol. The molecular formula is C32H32O4.